The first kappa shape index (κ1) is 16.4. The Balaban J connectivity index is 1.83. The van der Waals surface area contributed by atoms with E-state index in [0.29, 0.717) is 35.6 Å². The van der Waals surface area contributed by atoms with E-state index in [0.717, 1.165) is 19.4 Å². The summed E-state index contributed by atoms with van der Waals surface area (Å²) in [5, 5.41) is 0. The fraction of sp³-hybridized carbons (Fsp3) is 0.471. The summed E-state index contributed by atoms with van der Waals surface area (Å²) >= 11 is 0. The van der Waals surface area contributed by atoms with Gasteiger partial charge in [-0.15, -0.1) is 0 Å². The number of likely N-dealkylation sites (tertiary alicyclic amines) is 1. The summed E-state index contributed by atoms with van der Waals surface area (Å²) in [7, 11) is 3.76. The van der Waals surface area contributed by atoms with Crippen molar-refractivity contribution in [3.63, 3.8) is 0 Å². The lowest BCUT2D eigenvalue weighted by atomic mass is 9.98. The summed E-state index contributed by atoms with van der Waals surface area (Å²) in [6, 6.07) is 5.17. The Morgan fingerprint density at radius 3 is 2.92 bits per heavy atom. The van der Waals surface area contributed by atoms with Gasteiger partial charge >= 0.3 is 0 Å². The smallest absolute Gasteiger partial charge is 0.252 e. The highest BCUT2D eigenvalue weighted by Gasteiger charge is 2.28. The normalized spacial score (nSPS) is 18.3. The molecule has 0 spiro atoms. The molecule has 2 amide bonds. The number of likely N-dealkylation sites (N-methyl/N-ethyl adjacent to an activating group) is 1. The molecule has 0 bridgehead atoms. The monoisotopic (exact) mass is 330 g/mol. The number of benzene rings is 1. The van der Waals surface area contributed by atoms with Crippen LogP contribution in [-0.4, -0.2) is 60.3 Å². The van der Waals surface area contributed by atoms with Gasteiger partial charge in [-0.05, 0) is 39.1 Å². The number of fused-ring (bicyclic) bond motifs is 1. The molecule has 128 valence electrons. The number of oxazole rings is 1. The lowest BCUT2D eigenvalue weighted by Crippen LogP contribution is -2.43. The molecule has 1 fully saturated rings. The number of piperidine rings is 1. The third-order valence-corrected chi connectivity index (χ3v) is 4.27. The molecule has 0 radical (unpaired) electrons. The van der Waals surface area contributed by atoms with Crippen molar-refractivity contribution in [3.05, 3.63) is 29.7 Å². The molecule has 0 saturated carbocycles. The summed E-state index contributed by atoms with van der Waals surface area (Å²) in [4.78, 5) is 32.0. The second-order valence-electron chi connectivity index (χ2n) is 6.49. The summed E-state index contributed by atoms with van der Waals surface area (Å²) in [6.45, 7) is 1.74. The van der Waals surface area contributed by atoms with Gasteiger partial charge in [0.1, 0.15) is 5.52 Å². The summed E-state index contributed by atoms with van der Waals surface area (Å²) in [5.41, 5.74) is 6.78. The predicted molar refractivity (Wildman–Crippen MR) is 89.6 cm³/mol. The van der Waals surface area contributed by atoms with E-state index >= 15 is 0 Å². The molecular formula is C17H22N4O3. The van der Waals surface area contributed by atoms with E-state index < -0.39 is 5.91 Å². The number of para-hydroxylation sites is 1. The van der Waals surface area contributed by atoms with Gasteiger partial charge in [0.2, 0.25) is 5.91 Å². The molecule has 1 saturated heterocycles. The molecule has 3 rings (SSSR count). The van der Waals surface area contributed by atoms with Crippen LogP contribution in [0.15, 0.2) is 22.6 Å². The van der Waals surface area contributed by atoms with Crippen molar-refractivity contribution in [2.75, 3.05) is 33.7 Å². The molecule has 2 heterocycles. The van der Waals surface area contributed by atoms with Gasteiger partial charge in [-0.2, -0.15) is 0 Å². The van der Waals surface area contributed by atoms with E-state index in [4.69, 9.17) is 10.2 Å². The lowest BCUT2D eigenvalue weighted by Gasteiger charge is -2.32. The van der Waals surface area contributed by atoms with Crippen LogP contribution in [0.3, 0.4) is 0 Å². The van der Waals surface area contributed by atoms with Crippen molar-refractivity contribution in [2.24, 2.45) is 5.73 Å². The van der Waals surface area contributed by atoms with E-state index in [1.54, 1.807) is 18.2 Å². The first-order valence-electron chi connectivity index (χ1n) is 8.07. The number of carbonyl (C=O) groups excluding carboxylic acids is 2. The minimum atomic E-state index is -0.533. The zero-order valence-corrected chi connectivity index (χ0v) is 14.0. The maximum atomic E-state index is 12.3. The Labute approximate surface area is 140 Å². The SMILES string of the molecule is CN(C)CC(=O)N1CCCC(c2nc3cccc(C(N)=O)c3o2)C1. The second-order valence-corrected chi connectivity index (χ2v) is 6.49. The van der Waals surface area contributed by atoms with Crippen molar-refractivity contribution >= 4 is 22.9 Å². The maximum absolute atomic E-state index is 12.3. The number of hydrogen-bond donors (Lipinski definition) is 1. The second kappa shape index (κ2) is 6.60. The largest absolute Gasteiger partial charge is 0.439 e. The molecule has 1 aromatic carbocycles. The van der Waals surface area contributed by atoms with Gasteiger partial charge in [0, 0.05) is 13.1 Å². The van der Waals surface area contributed by atoms with Crippen LogP contribution in [0.25, 0.3) is 11.1 Å². The first-order chi connectivity index (χ1) is 11.5. The minimum absolute atomic E-state index is 0.0398. The van der Waals surface area contributed by atoms with Crippen LogP contribution < -0.4 is 5.73 Å². The topological polar surface area (TPSA) is 92.7 Å². The van der Waals surface area contributed by atoms with Gasteiger partial charge < -0.3 is 20.0 Å². The van der Waals surface area contributed by atoms with Crippen LogP contribution >= 0.6 is 0 Å². The zero-order valence-electron chi connectivity index (χ0n) is 14.0. The molecular weight excluding hydrogens is 308 g/mol. The van der Waals surface area contributed by atoms with Gasteiger partial charge in [-0.3, -0.25) is 9.59 Å². The average molecular weight is 330 g/mol. The Morgan fingerprint density at radius 2 is 2.21 bits per heavy atom. The summed E-state index contributed by atoms with van der Waals surface area (Å²) in [5.74, 6) is 0.187. The van der Waals surface area contributed by atoms with E-state index in [1.807, 2.05) is 23.9 Å². The van der Waals surface area contributed by atoms with Gasteiger partial charge in [0.15, 0.2) is 11.5 Å². The fourth-order valence-corrected chi connectivity index (χ4v) is 3.11. The fourth-order valence-electron chi connectivity index (χ4n) is 3.11. The summed E-state index contributed by atoms with van der Waals surface area (Å²) in [6.07, 6.45) is 1.82. The Hall–Kier alpha value is -2.41. The number of nitrogens with zero attached hydrogens (tertiary/aromatic N) is 3. The number of primary amides is 1. The van der Waals surface area contributed by atoms with Crippen LogP contribution in [-0.2, 0) is 4.79 Å². The minimum Gasteiger partial charge on any atom is -0.439 e. The standard InChI is InChI=1S/C17H22N4O3/c1-20(2)10-14(22)21-8-4-5-11(9-21)17-19-13-7-3-6-12(16(18)23)15(13)24-17/h3,6-7,11H,4-5,8-10H2,1-2H3,(H2,18,23). The van der Waals surface area contributed by atoms with E-state index in [2.05, 4.69) is 4.98 Å². The average Bonchev–Trinajstić information content (AvgIpc) is 2.98. The van der Waals surface area contributed by atoms with Crippen molar-refractivity contribution in [3.8, 4) is 0 Å². The zero-order chi connectivity index (χ0) is 17.3. The quantitative estimate of drug-likeness (QED) is 0.909. The number of hydrogen-bond acceptors (Lipinski definition) is 5. The third-order valence-electron chi connectivity index (χ3n) is 4.27. The van der Waals surface area contributed by atoms with Gasteiger partial charge in [-0.25, -0.2) is 4.98 Å². The number of aromatic nitrogens is 1. The molecule has 2 N–H and O–H groups in total. The van der Waals surface area contributed by atoms with Crippen LogP contribution in [0.4, 0.5) is 0 Å². The van der Waals surface area contributed by atoms with Crippen LogP contribution in [0.5, 0.6) is 0 Å². The molecule has 1 atom stereocenters. The predicted octanol–water partition coefficient (Wildman–Crippen LogP) is 1.19. The number of amides is 2. The van der Waals surface area contributed by atoms with Crippen molar-refractivity contribution in [2.45, 2.75) is 18.8 Å². The van der Waals surface area contributed by atoms with Crippen LogP contribution in [0.2, 0.25) is 0 Å². The molecule has 1 aliphatic heterocycles. The molecule has 7 nitrogen and oxygen atoms in total. The van der Waals surface area contributed by atoms with Gasteiger partial charge in [-0.1, -0.05) is 6.07 Å². The molecule has 1 aromatic heterocycles. The van der Waals surface area contributed by atoms with E-state index in [1.165, 1.54) is 0 Å². The molecule has 7 heteroatoms. The third kappa shape index (κ3) is 3.26. The number of nitrogens with two attached hydrogens (primary N) is 1. The highest BCUT2D eigenvalue weighted by atomic mass is 16.3. The van der Waals surface area contributed by atoms with Crippen LogP contribution in [0.1, 0.15) is 35.0 Å². The Kier molecular flexibility index (Phi) is 4.53. The first-order valence-corrected chi connectivity index (χ1v) is 8.07. The highest BCUT2D eigenvalue weighted by molar-refractivity contribution is 6.03. The molecule has 2 aromatic rings. The molecule has 1 aliphatic rings. The number of rotatable bonds is 4. The number of carbonyl (C=O) groups is 2. The Bertz CT molecular complexity index is 768. The van der Waals surface area contributed by atoms with E-state index in [-0.39, 0.29) is 11.8 Å². The van der Waals surface area contributed by atoms with Crippen molar-refractivity contribution in [1.29, 1.82) is 0 Å². The highest BCUT2D eigenvalue weighted by Crippen LogP contribution is 2.30. The molecule has 24 heavy (non-hydrogen) atoms. The Morgan fingerprint density at radius 1 is 1.42 bits per heavy atom. The van der Waals surface area contributed by atoms with Gasteiger partial charge in [0.25, 0.3) is 5.91 Å². The van der Waals surface area contributed by atoms with Crippen molar-refractivity contribution < 1.29 is 14.0 Å². The molecule has 1 unspecified atom stereocenters. The van der Waals surface area contributed by atoms with E-state index in [9.17, 15) is 9.59 Å². The summed E-state index contributed by atoms with van der Waals surface area (Å²) < 4.78 is 5.85. The lowest BCUT2D eigenvalue weighted by molar-refractivity contribution is -0.133. The van der Waals surface area contributed by atoms with Crippen LogP contribution in [0, 0.1) is 0 Å². The maximum Gasteiger partial charge on any atom is 0.252 e. The van der Waals surface area contributed by atoms with Crippen molar-refractivity contribution in [1.82, 2.24) is 14.8 Å². The van der Waals surface area contributed by atoms with Gasteiger partial charge in [0.05, 0.1) is 18.0 Å². The molecule has 0 aliphatic carbocycles.